The largest absolute Gasteiger partial charge is 0.352 e. The number of amides is 2. The molecule has 1 aromatic carbocycles. The molecule has 4 nitrogen and oxygen atoms in total. The van der Waals surface area contributed by atoms with Gasteiger partial charge in [-0.3, -0.25) is 9.59 Å². The maximum atomic E-state index is 12.8. The molecule has 1 saturated heterocycles. The third kappa shape index (κ3) is 3.35. The molecule has 108 valence electrons. The van der Waals surface area contributed by atoms with E-state index >= 15 is 0 Å². The van der Waals surface area contributed by atoms with Crippen molar-refractivity contribution in [2.24, 2.45) is 5.92 Å². The van der Waals surface area contributed by atoms with Crippen molar-refractivity contribution >= 4 is 11.8 Å². The summed E-state index contributed by atoms with van der Waals surface area (Å²) in [6.07, 6.45) is 0.271. The summed E-state index contributed by atoms with van der Waals surface area (Å²) in [5, 5.41) is 2.80. The van der Waals surface area contributed by atoms with Gasteiger partial charge in [-0.05, 0) is 31.5 Å². The minimum Gasteiger partial charge on any atom is -0.352 e. The monoisotopic (exact) mass is 278 g/mol. The smallest absolute Gasteiger partial charge is 0.225 e. The maximum Gasteiger partial charge on any atom is 0.225 e. The first-order chi connectivity index (χ1) is 9.47. The number of rotatable bonds is 4. The van der Waals surface area contributed by atoms with E-state index in [0.717, 1.165) is 5.56 Å². The van der Waals surface area contributed by atoms with Gasteiger partial charge >= 0.3 is 0 Å². The molecule has 5 heteroatoms. The molecule has 0 aliphatic carbocycles. The zero-order chi connectivity index (χ0) is 14.7. The van der Waals surface area contributed by atoms with Crippen molar-refractivity contribution < 1.29 is 14.0 Å². The molecule has 0 saturated carbocycles. The molecule has 1 heterocycles. The summed E-state index contributed by atoms with van der Waals surface area (Å²) in [5.74, 6) is -0.674. The fourth-order valence-electron chi connectivity index (χ4n) is 2.34. The molecule has 0 spiro atoms. The molecule has 2 amide bonds. The lowest BCUT2D eigenvalue weighted by Crippen LogP contribution is -2.35. The maximum absolute atomic E-state index is 12.8. The van der Waals surface area contributed by atoms with Crippen LogP contribution in [-0.2, 0) is 16.1 Å². The molecule has 2 rings (SSSR count). The Labute approximate surface area is 118 Å². The van der Waals surface area contributed by atoms with Gasteiger partial charge in [0.25, 0.3) is 0 Å². The van der Waals surface area contributed by atoms with Gasteiger partial charge in [-0.2, -0.15) is 0 Å². The Kier molecular flexibility index (Phi) is 4.37. The predicted octanol–water partition coefficient (Wildman–Crippen LogP) is 1.70. The molecule has 1 aromatic rings. The van der Waals surface area contributed by atoms with Crippen molar-refractivity contribution in [3.05, 3.63) is 35.6 Å². The molecule has 1 aliphatic heterocycles. The molecule has 0 radical (unpaired) electrons. The van der Waals surface area contributed by atoms with Crippen LogP contribution in [0.25, 0.3) is 0 Å². The number of hydrogen-bond acceptors (Lipinski definition) is 2. The molecule has 1 atom stereocenters. The zero-order valence-electron chi connectivity index (χ0n) is 11.7. The van der Waals surface area contributed by atoms with E-state index in [2.05, 4.69) is 5.32 Å². The van der Waals surface area contributed by atoms with E-state index in [0.29, 0.717) is 13.1 Å². The lowest BCUT2D eigenvalue weighted by Gasteiger charge is -2.20. The number of benzene rings is 1. The van der Waals surface area contributed by atoms with Crippen molar-refractivity contribution in [2.45, 2.75) is 32.9 Å². The second-order valence-electron chi connectivity index (χ2n) is 5.39. The van der Waals surface area contributed by atoms with Crippen molar-refractivity contribution in [3.63, 3.8) is 0 Å². The minimum absolute atomic E-state index is 0.0296. The lowest BCUT2D eigenvalue weighted by molar-refractivity contribution is -0.129. The van der Waals surface area contributed by atoms with Crippen LogP contribution in [0.5, 0.6) is 0 Å². The zero-order valence-corrected chi connectivity index (χ0v) is 11.7. The average molecular weight is 278 g/mol. The third-order valence-corrected chi connectivity index (χ3v) is 3.53. The highest BCUT2D eigenvalue weighted by Gasteiger charge is 2.35. The summed E-state index contributed by atoms with van der Waals surface area (Å²) >= 11 is 0. The van der Waals surface area contributed by atoms with E-state index in [1.165, 1.54) is 12.1 Å². The summed E-state index contributed by atoms with van der Waals surface area (Å²) in [6, 6.07) is 6.12. The Balaban J connectivity index is 1.87. The highest BCUT2D eigenvalue weighted by Crippen LogP contribution is 2.20. The quantitative estimate of drug-likeness (QED) is 0.911. The molecule has 0 bridgehead atoms. The second-order valence-corrected chi connectivity index (χ2v) is 5.39. The van der Waals surface area contributed by atoms with E-state index in [9.17, 15) is 14.0 Å². The molecule has 1 N–H and O–H groups in total. The predicted molar refractivity (Wildman–Crippen MR) is 73.2 cm³/mol. The van der Waals surface area contributed by atoms with Crippen LogP contribution < -0.4 is 5.32 Å². The van der Waals surface area contributed by atoms with E-state index in [-0.39, 0.29) is 36.0 Å². The van der Waals surface area contributed by atoms with Crippen molar-refractivity contribution in [1.82, 2.24) is 10.2 Å². The summed E-state index contributed by atoms with van der Waals surface area (Å²) in [6.45, 7) is 4.71. The molecular formula is C15H19FN2O2. The van der Waals surface area contributed by atoms with Gasteiger partial charge in [-0.15, -0.1) is 0 Å². The highest BCUT2D eigenvalue weighted by atomic mass is 19.1. The van der Waals surface area contributed by atoms with Gasteiger partial charge in [-0.1, -0.05) is 12.1 Å². The van der Waals surface area contributed by atoms with Gasteiger partial charge in [0.05, 0.1) is 5.92 Å². The van der Waals surface area contributed by atoms with E-state index in [1.54, 1.807) is 17.0 Å². The fourth-order valence-corrected chi connectivity index (χ4v) is 2.34. The summed E-state index contributed by atoms with van der Waals surface area (Å²) in [7, 11) is 0. The van der Waals surface area contributed by atoms with Crippen molar-refractivity contribution in [2.75, 3.05) is 6.54 Å². The van der Waals surface area contributed by atoms with Crippen LogP contribution in [0, 0.1) is 11.7 Å². The molecule has 0 aromatic heterocycles. The Hall–Kier alpha value is -1.91. The molecule has 0 unspecified atom stereocenters. The Morgan fingerprint density at radius 2 is 2.05 bits per heavy atom. The number of nitrogens with zero attached hydrogens (tertiary/aromatic N) is 1. The van der Waals surface area contributed by atoms with Crippen LogP contribution in [0.3, 0.4) is 0 Å². The number of carbonyl (C=O) groups excluding carboxylic acids is 2. The van der Waals surface area contributed by atoms with Crippen LogP contribution >= 0.6 is 0 Å². The summed E-state index contributed by atoms with van der Waals surface area (Å²) < 4.78 is 12.8. The van der Waals surface area contributed by atoms with Crippen LogP contribution in [0.15, 0.2) is 24.3 Å². The lowest BCUT2D eigenvalue weighted by atomic mass is 10.1. The molecular weight excluding hydrogens is 259 g/mol. The first kappa shape index (κ1) is 14.5. The van der Waals surface area contributed by atoms with E-state index in [1.807, 2.05) is 13.8 Å². The molecule has 1 aliphatic rings. The molecule has 1 fully saturated rings. The van der Waals surface area contributed by atoms with Crippen molar-refractivity contribution in [1.29, 1.82) is 0 Å². The van der Waals surface area contributed by atoms with Crippen molar-refractivity contribution in [3.8, 4) is 0 Å². The van der Waals surface area contributed by atoms with Gasteiger partial charge in [0.2, 0.25) is 11.8 Å². The van der Waals surface area contributed by atoms with Gasteiger partial charge in [-0.25, -0.2) is 4.39 Å². The topological polar surface area (TPSA) is 49.4 Å². The number of nitrogens with one attached hydrogen (secondary N) is 1. The van der Waals surface area contributed by atoms with Crippen LogP contribution in [0.2, 0.25) is 0 Å². The Morgan fingerprint density at radius 1 is 1.40 bits per heavy atom. The van der Waals surface area contributed by atoms with Crippen LogP contribution in [0.1, 0.15) is 25.8 Å². The first-order valence-corrected chi connectivity index (χ1v) is 6.79. The Bertz CT molecular complexity index is 499. The molecule has 20 heavy (non-hydrogen) atoms. The van der Waals surface area contributed by atoms with Gasteiger partial charge in [0.1, 0.15) is 5.82 Å². The minimum atomic E-state index is -0.297. The van der Waals surface area contributed by atoms with Gasteiger partial charge in [0.15, 0.2) is 0 Å². The highest BCUT2D eigenvalue weighted by molar-refractivity contribution is 5.89. The van der Waals surface area contributed by atoms with Gasteiger partial charge in [0, 0.05) is 25.6 Å². The van der Waals surface area contributed by atoms with E-state index < -0.39 is 0 Å². The third-order valence-electron chi connectivity index (χ3n) is 3.53. The normalized spacial score (nSPS) is 18.7. The summed E-state index contributed by atoms with van der Waals surface area (Å²) in [5.41, 5.74) is 0.838. The number of hydrogen-bond donors (Lipinski definition) is 1. The second kappa shape index (κ2) is 6.03. The fraction of sp³-hybridized carbons (Fsp3) is 0.467. The summed E-state index contributed by atoms with van der Waals surface area (Å²) in [4.78, 5) is 25.5. The number of likely N-dealkylation sites (tertiary alicyclic amines) is 1. The number of halogens is 1. The van der Waals surface area contributed by atoms with Crippen LogP contribution in [0.4, 0.5) is 4.39 Å². The standard InChI is InChI=1S/C15H19FN2O2/c1-10(2)18-9-12(7-14(18)19)15(20)17-8-11-3-5-13(16)6-4-11/h3-6,10,12H,7-9H2,1-2H3,(H,17,20)/t12-/m1/s1. The number of carbonyl (C=O) groups is 2. The average Bonchev–Trinajstić information content (AvgIpc) is 2.80. The van der Waals surface area contributed by atoms with E-state index in [4.69, 9.17) is 0 Å². The SMILES string of the molecule is CC(C)N1C[C@H](C(=O)NCc2ccc(F)cc2)CC1=O. The first-order valence-electron chi connectivity index (χ1n) is 6.79. The van der Waals surface area contributed by atoms with Gasteiger partial charge < -0.3 is 10.2 Å². The van der Waals surface area contributed by atoms with Crippen LogP contribution in [-0.4, -0.2) is 29.3 Å². The Morgan fingerprint density at radius 3 is 2.60 bits per heavy atom.